The average molecular weight is 537 g/mol. The monoisotopic (exact) mass is 536 g/mol. The van der Waals surface area contributed by atoms with Crippen LogP contribution in [0.15, 0.2) is 66.6 Å². The van der Waals surface area contributed by atoms with Gasteiger partial charge in [-0.2, -0.15) is 10.2 Å². The summed E-state index contributed by atoms with van der Waals surface area (Å²) < 4.78 is 3.76. The predicted octanol–water partition coefficient (Wildman–Crippen LogP) is 5.00. The lowest BCUT2D eigenvalue weighted by Crippen LogP contribution is -2.12. The number of imidazole rings is 1. The lowest BCUT2D eigenvalue weighted by molar-refractivity contribution is 0.102. The Balaban J connectivity index is 1.13. The van der Waals surface area contributed by atoms with Crippen molar-refractivity contribution < 1.29 is 4.79 Å². The van der Waals surface area contributed by atoms with Crippen LogP contribution in [-0.4, -0.2) is 45.2 Å². The first kappa shape index (κ1) is 23.3. The van der Waals surface area contributed by atoms with Gasteiger partial charge in [-0.05, 0) is 37.5 Å². The summed E-state index contributed by atoms with van der Waals surface area (Å²) in [5.41, 5.74) is 5.96. The largest absolute Gasteiger partial charge is 0.308 e. The molecule has 1 aromatic carbocycles. The minimum Gasteiger partial charge on any atom is -0.308 e. The van der Waals surface area contributed by atoms with Gasteiger partial charge in [-0.15, -0.1) is 11.3 Å². The Morgan fingerprint density at radius 3 is 2.95 bits per heavy atom. The first-order valence-electron chi connectivity index (χ1n) is 12.6. The topological polar surface area (TPSA) is 131 Å². The average Bonchev–Trinajstić information content (AvgIpc) is 3.33. The second-order valence-corrected chi connectivity index (χ2v) is 10.5. The molecule has 0 atom stereocenters. The van der Waals surface area contributed by atoms with E-state index in [-0.39, 0.29) is 5.91 Å². The number of hydrogen-bond acceptors (Lipinski definition) is 8. The summed E-state index contributed by atoms with van der Waals surface area (Å²) in [6.07, 6.45) is 9.75. The van der Waals surface area contributed by atoms with Gasteiger partial charge in [0, 0.05) is 58.8 Å². The molecular weight excluding hydrogens is 512 g/mol. The van der Waals surface area contributed by atoms with Gasteiger partial charge in [0.25, 0.3) is 5.91 Å². The van der Waals surface area contributed by atoms with Crippen LogP contribution in [0.4, 0.5) is 16.9 Å². The summed E-state index contributed by atoms with van der Waals surface area (Å²) in [5, 5.41) is 20.7. The van der Waals surface area contributed by atoms with Gasteiger partial charge in [-0.25, -0.2) is 15.0 Å². The Hall–Kier alpha value is -4.84. The number of rotatable bonds is 8. The highest BCUT2D eigenvalue weighted by atomic mass is 32.1. The van der Waals surface area contributed by atoms with Crippen molar-refractivity contribution in [3.8, 4) is 11.3 Å². The number of aromatic amines is 1. The number of aryl methyl sites for hydroxylation is 1. The number of fused-ring (bicyclic) bond motifs is 1. The van der Waals surface area contributed by atoms with Gasteiger partial charge in [-0.1, -0.05) is 12.1 Å². The molecule has 5 heterocycles. The quantitative estimate of drug-likeness (QED) is 0.249. The molecule has 1 saturated carbocycles. The van der Waals surface area contributed by atoms with E-state index in [2.05, 4.69) is 35.9 Å². The number of nitrogens with zero attached hydrogens (tertiary/aromatic N) is 7. The van der Waals surface area contributed by atoms with E-state index in [1.807, 2.05) is 64.1 Å². The Morgan fingerprint density at radius 2 is 2.10 bits per heavy atom. The van der Waals surface area contributed by atoms with Crippen molar-refractivity contribution in [2.45, 2.75) is 32.2 Å². The van der Waals surface area contributed by atoms with E-state index in [4.69, 9.17) is 4.98 Å². The summed E-state index contributed by atoms with van der Waals surface area (Å²) in [6.45, 7) is 2.46. The molecule has 1 amide bonds. The van der Waals surface area contributed by atoms with Crippen LogP contribution in [0.5, 0.6) is 0 Å². The van der Waals surface area contributed by atoms with Gasteiger partial charge in [0.15, 0.2) is 10.9 Å². The second kappa shape index (κ2) is 9.48. The van der Waals surface area contributed by atoms with Crippen molar-refractivity contribution >= 4 is 39.8 Å². The molecule has 6 aromatic rings. The third-order valence-corrected chi connectivity index (χ3v) is 7.23. The summed E-state index contributed by atoms with van der Waals surface area (Å²) in [4.78, 5) is 26.3. The fourth-order valence-electron chi connectivity index (χ4n) is 4.50. The Labute approximate surface area is 227 Å². The minimum atomic E-state index is -0.193. The van der Waals surface area contributed by atoms with Crippen LogP contribution in [0.3, 0.4) is 0 Å². The number of thiazole rings is 1. The van der Waals surface area contributed by atoms with E-state index < -0.39 is 0 Å². The molecular formula is C27H24N10OS. The third kappa shape index (κ3) is 4.89. The Bertz CT molecular complexity index is 1790. The highest BCUT2D eigenvalue weighted by Crippen LogP contribution is 2.39. The normalized spacial score (nSPS) is 13.2. The number of carbonyl (C=O) groups is 1. The standard InChI is InChI=1S/C27H24N10OS/c1-16-13-37-24(30-16)11-21(31-26(37)32-23-10-22(34-35-23)18-5-6-18)20-12-29-36(15-20)14-17-3-2-4-19(9-17)25(38)33-27-28-7-8-39-27/h2-4,7-13,15,18H,5-6,14H2,1H3,(H,28,33,38)(H2,31,32,34,35). The zero-order chi connectivity index (χ0) is 26.3. The van der Waals surface area contributed by atoms with Crippen molar-refractivity contribution in [2.24, 2.45) is 0 Å². The smallest absolute Gasteiger partial charge is 0.257 e. The van der Waals surface area contributed by atoms with E-state index in [9.17, 15) is 4.79 Å². The van der Waals surface area contributed by atoms with Gasteiger partial charge in [0.1, 0.15) is 5.65 Å². The molecule has 5 aromatic heterocycles. The summed E-state index contributed by atoms with van der Waals surface area (Å²) >= 11 is 1.38. The summed E-state index contributed by atoms with van der Waals surface area (Å²) in [7, 11) is 0. The van der Waals surface area contributed by atoms with Crippen molar-refractivity contribution in [2.75, 3.05) is 10.6 Å². The molecule has 0 aliphatic heterocycles. The van der Waals surface area contributed by atoms with Crippen LogP contribution in [0, 0.1) is 6.92 Å². The number of H-pyrrole nitrogens is 1. The fourth-order valence-corrected chi connectivity index (χ4v) is 5.02. The Morgan fingerprint density at radius 1 is 1.18 bits per heavy atom. The van der Waals surface area contributed by atoms with Gasteiger partial charge >= 0.3 is 0 Å². The maximum absolute atomic E-state index is 12.6. The molecule has 0 saturated heterocycles. The molecule has 7 rings (SSSR count). The van der Waals surface area contributed by atoms with Gasteiger partial charge in [-0.3, -0.25) is 24.3 Å². The van der Waals surface area contributed by atoms with E-state index in [0.717, 1.165) is 39.7 Å². The maximum Gasteiger partial charge on any atom is 0.257 e. The molecule has 3 N–H and O–H groups in total. The predicted molar refractivity (Wildman–Crippen MR) is 148 cm³/mol. The molecule has 0 spiro atoms. The zero-order valence-corrected chi connectivity index (χ0v) is 21.8. The highest BCUT2D eigenvalue weighted by molar-refractivity contribution is 7.13. The van der Waals surface area contributed by atoms with Crippen LogP contribution in [0.2, 0.25) is 0 Å². The third-order valence-electron chi connectivity index (χ3n) is 6.54. The van der Waals surface area contributed by atoms with E-state index in [1.54, 1.807) is 18.5 Å². The molecule has 0 radical (unpaired) electrons. The van der Waals surface area contributed by atoms with Crippen LogP contribution in [0.25, 0.3) is 16.9 Å². The highest BCUT2D eigenvalue weighted by Gasteiger charge is 2.25. The van der Waals surface area contributed by atoms with Crippen molar-refractivity contribution in [1.82, 2.24) is 39.3 Å². The van der Waals surface area contributed by atoms with E-state index >= 15 is 0 Å². The molecule has 11 nitrogen and oxygen atoms in total. The molecule has 0 unspecified atom stereocenters. The summed E-state index contributed by atoms with van der Waals surface area (Å²) in [5.74, 6) is 1.75. The molecule has 1 aliphatic carbocycles. The molecule has 194 valence electrons. The minimum absolute atomic E-state index is 0.193. The molecule has 39 heavy (non-hydrogen) atoms. The number of hydrogen-bond donors (Lipinski definition) is 3. The SMILES string of the molecule is Cc1cn2c(Nc3cc(C4CC4)[nH]n3)nc(-c3cnn(Cc4cccc(C(=O)Nc5nccs5)c4)c3)cc2n1. The van der Waals surface area contributed by atoms with Gasteiger partial charge in [0.05, 0.1) is 24.1 Å². The van der Waals surface area contributed by atoms with Crippen molar-refractivity contribution in [3.05, 3.63) is 89.1 Å². The lowest BCUT2D eigenvalue weighted by Gasteiger charge is -2.08. The number of aromatic nitrogens is 8. The van der Waals surface area contributed by atoms with E-state index in [0.29, 0.717) is 29.1 Å². The maximum atomic E-state index is 12.6. The number of benzene rings is 1. The summed E-state index contributed by atoms with van der Waals surface area (Å²) in [6, 6.07) is 11.5. The number of nitrogens with one attached hydrogen (secondary N) is 3. The first-order chi connectivity index (χ1) is 19.1. The fraction of sp³-hybridized carbons (Fsp3) is 0.185. The molecule has 1 aliphatic rings. The van der Waals surface area contributed by atoms with Gasteiger partial charge < -0.3 is 5.32 Å². The first-order valence-corrected chi connectivity index (χ1v) is 13.5. The molecule has 12 heteroatoms. The Kier molecular flexibility index (Phi) is 5.66. The van der Waals surface area contributed by atoms with Crippen LogP contribution in [0.1, 0.15) is 46.1 Å². The van der Waals surface area contributed by atoms with Gasteiger partial charge in [0.2, 0.25) is 5.95 Å². The molecule has 1 fully saturated rings. The molecule has 0 bridgehead atoms. The van der Waals surface area contributed by atoms with Crippen molar-refractivity contribution in [1.29, 1.82) is 0 Å². The number of amides is 1. The number of anilines is 3. The number of carbonyl (C=O) groups excluding carboxylic acids is 1. The van der Waals surface area contributed by atoms with Crippen LogP contribution < -0.4 is 10.6 Å². The zero-order valence-electron chi connectivity index (χ0n) is 21.0. The van der Waals surface area contributed by atoms with E-state index in [1.165, 1.54) is 24.2 Å². The van der Waals surface area contributed by atoms with Crippen LogP contribution >= 0.6 is 11.3 Å². The van der Waals surface area contributed by atoms with Crippen LogP contribution in [-0.2, 0) is 6.54 Å². The second-order valence-electron chi connectivity index (χ2n) is 9.60. The lowest BCUT2D eigenvalue weighted by atomic mass is 10.1. The van der Waals surface area contributed by atoms with Crippen molar-refractivity contribution in [3.63, 3.8) is 0 Å².